The Labute approximate surface area is 114 Å². The fourth-order valence-corrected chi connectivity index (χ4v) is 3.24. The van der Waals surface area contributed by atoms with E-state index in [0.717, 1.165) is 11.1 Å². The van der Waals surface area contributed by atoms with Crippen molar-refractivity contribution in [2.45, 2.75) is 20.4 Å². The first-order chi connectivity index (χ1) is 8.99. The highest BCUT2D eigenvalue weighted by atomic mass is 32.2. The van der Waals surface area contributed by atoms with Crippen molar-refractivity contribution in [1.82, 2.24) is 9.03 Å². The maximum atomic E-state index is 12.1. The fourth-order valence-electron chi connectivity index (χ4n) is 2.09. The molecule has 1 saturated heterocycles. The summed E-state index contributed by atoms with van der Waals surface area (Å²) in [5.41, 5.74) is 3.28. The largest absolute Gasteiger partial charge is 0.379 e. The van der Waals surface area contributed by atoms with E-state index < -0.39 is 10.2 Å². The lowest BCUT2D eigenvalue weighted by atomic mass is 10.1. The van der Waals surface area contributed by atoms with E-state index in [0.29, 0.717) is 32.8 Å². The van der Waals surface area contributed by atoms with Crippen LogP contribution in [0.1, 0.15) is 16.7 Å². The second kappa shape index (κ2) is 6.00. The van der Waals surface area contributed by atoms with E-state index >= 15 is 0 Å². The zero-order chi connectivity index (χ0) is 13.9. The number of ether oxygens (including phenoxy) is 1. The number of hydrogen-bond acceptors (Lipinski definition) is 3. The van der Waals surface area contributed by atoms with Gasteiger partial charge in [0.2, 0.25) is 0 Å². The normalized spacial score (nSPS) is 17.6. The highest BCUT2D eigenvalue weighted by Gasteiger charge is 2.23. The van der Waals surface area contributed by atoms with Crippen LogP contribution in [0.3, 0.4) is 0 Å². The van der Waals surface area contributed by atoms with Crippen LogP contribution < -0.4 is 4.72 Å². The van der Waals surface area contributed by atoms with Crippen LogP contribution in [0, 0.1) is 13.8 Å². The van der Waals surface area contributed by atoms with Gasteiger partial charge in [-0.25, -0.2) is 0 Å². The Kier molecular flexibility index (Phi) is 4.57. The predicted molar refractivity (Wildman–Crippen MR) is 74.1 cm³/mol. The monoisotopic (exact) mass is 284 g/mol. The molecule has 1 aliphatic heterocycles. The van der Waals surface area contributed by atoms with E-state index in [1.54, 1.807) is 0 Å². The molecule has 6 heteroatoms. The lowest BCUT2D eigenvalue weighted by molar-refractivity contribution is 0.0725. The van der Waals surface area contributed by atoms with Gasteiger partial charge < -0.3 is 4.74 Å². The van der Waals surface area contributed by atoms with Gasteiger partial charge in [0.1, 0.15) is 0 Å². The molecule has 1 N–H and O–H groups in total. The molecule has 19 heavy (non-hydrogen) atoms. The van der Waals surface area contributed by atoms with Crippen LogP contribution >= 0.6 is 0 Å². The molecule has 5 nitrogen and oxygen atoms in total. The van der Waals surface area contributed by atoms with E-state index in [-0.39, 0.29) is 0 Å². The Morgan fingerprint density at radius 2 is 1.95 bits per heavy atom. The van der Waals surface area contributed by atoms with Crippen LogP contribution in [-0.4, -0.2) is 39.0 Å². The second-order valence-corrected chi connectivity index (χ2v) is 6.52. The van der Waals surface area contributed by atoms with Crippen molar-refractivity contribution in [2.24, 2.45) is 0 Å². The number of benzene rings is 1. The number of rotatable bonds is 4. The van der Waals surface area contributed by atoms with Gasteiger partial charge in [-0.2, -0.15) is 17.4 Å². The summed E-state index contributed by atoms with van der Waals surface area (Å²) in [5, 5.41) is 0. The first kappa shape index (κ1) is 14.5. The Balaban J connectivity index is 2.00. The molecular weight excluding hydrogens is 264 g/mol. The van der Waals surface area contributed by atoms with Crippen LogP contribution in [-0.2, 0) is 21.5 Å². The number of morpholine rings is 1. The topological polar surface area (TPSA) is 58.6 Å². The number of nitrogens with one attached hydrogen (secondary N) is 1. The lowest BCUT2D eigenvalue weighted by Gasteiger charge is -2.26. The molecule has 106 valence electrons. The first-order valence-electron chi connectivity index (χ1n) is 6.37. The van der Waals surface area contributed by atoms with Crippen molar-refractivity contribution in [3.8, 4) is 0 Å². The van der Waals surface area contributed by atoms with Crippen molar-refractivity contribution in [3.63, 3.8) is 0 Å². The minimum absolute atomic E-state index is 0.325. The van der Waals surface area contributed by atoms with Crippen molar-refractivity contribution in [3.05, 3.63) is 34.9 Å². The summed E-state index contributed by atoms with van der Waals surface area (Å²) in [6.07, 6.45) is 0. The van der Waals surface area contributed by atoms with Crippen molar-refractivity contribution < 1.29 is 13.2 Å². The molecule has 0 amide bonds. The number of aryl methyl sites for hydroxylation is 2. The average Bonchev–Trinajstić information content (AvgIpc) is 2.39. The third-order valence-electron chi connectivity index (χ3n) is 3.25. The fraction of sp³-hybridized carbons (Fsp3) is 0.538. The SMILES string of the molecule is Cc1ccc(CNS(=O)(=O)N2CCOCC2)c(C)c1. The van der Waals surface area contributed by atoms with Gasteiger partial charge in [0.15, 0.2) is 0 Å². The van der Waals surface area contributed by atoms with Crippen LogP contribution in [0.15, 0.2) is 18.2 Å². The third kappa shape index (κ3) is 3.76. The predicted octanol–water partition coefficient (Wildman–Crippen LogP) is 0.970. The molecule has 0 aromatic heterocycles. The first-order valence-corrected chi connectivity index (χ1v) is 7.82. The maximum absolute atomic E-state index is 12.1. The average molecular weight is 284 g/mol. The smallest absolute Gasteiger partial charge is 0.279 e. The number of nitrogens with zero attached hydrogens (tertiary/aromatic N) is 1. The summed E-state index contributed by atoms with van der Waals surface area (Å²) in [4.78, 5) is 0. The van der Waals surface area contributed by atoms with Crippen molar-refractivity contribution in [2.75, 3.05) is 26.3 Å². The molecular formula is C13H20N2O3S. The molecule has 0 radical (unpaired) electrons. The molecule has 1 aliphatic rings. The standard InChI is InChI=1S/C13H20N2O3S/c1-11-3-4-13(12(2)9-11)10-14-19(16,17)15-5-7-18-8-6-15/h3-4,9,14H,5-8,10H2,1-2H3. The van der Waals surface area contributed by atoms with E-state index in [4.69, 9.17) is 4.74 Å². The second-order valence-electron chi connectivity index (χ2n) is 4.77. The summed E-state index contributed by atoms with van der Waals surface area (Å²) in [7, 11) is -3.41. The van der Waals surface area contributed by atoms with Crippen LogP contribution in [0.4, 0.5) is 0 Å². The summed E-state index contributed by atoms with van der Waals surface area (Å²) < 4.78 is 33.4. The molecule has 0 spiro atoms. The van der Waals surface area contributed by atoms with Crippen molar-refractivity contribution in [1.29, 1.82) is 0 Å². The van der Waals surface area contributed by atoms with Gasteiger partial charge >= 0.3 is 0 Å². The Bertz CT molecular complexity index is 537. The van der Waals surface area contributed by atoms with Crippen LogP contribution in [0.5, 0.6) is 0 Å². The molecule has 0 saturated carbocycles. The molecule has 0 atom stereocenters. The molecule has 1 heterocycles. The third-order valence-corrected chi connectivity index (χ3v) is 4.81. The van der Waals surface area contributed by atoms with E-state index in [1.807, 2.05) is 26.0 Å². The highest BCUT2D eigenvalue weighted by molar-refractivity contribution is 7.87. The van der Waals surface area contributed by atoms with E-state index in [1.165, 1.54) is 9.87 Å². The van der Waals surface area contributed by atoms with E-state index in [9.17, 15) is 8.42 Å². The molecule has 0 bridgehead atoms. The zero-order valence-corrected chi connectivity index (χ0v) is 12.2. The van der Waals surface area contributed by atoms with Gasteiger partial charge in [-0.3, -0.25) is 0 Å². The van der Waals surface area contributed by atoms with Gasteiger partial charge in [-0.05, 0) is 25.0 Å². The van der Waals surface area contributed by atoms with Gasteiger partial charge in [0.05, 0.1) is 13.2 Å². The quantitative estimate of drug-likeness (QED) is 0.896. The van der Waals surface area contributed by atoms with Gasteiger partial charge in [0.25, 0.3) is 10.2 Å². The maximum Gasteiger partial charge on any atom is 0.279 e. The molecule has 0 aliphatic carbocycles. The molecule has 1 fully saturated rings. The summed E-state index contributed by atoms with van der Waals surface area (Å²) in [5.74, 6) is 0. The zero-order valence-electron chi connectivity index (χ0n) is 11.3. The molecule has 0 unspecified atom stereocenters. The van der Waals surface area contributed by atoms with Gasteiger partial charge in [-0.1, -0.05) is 23.8 Å². The van der Waals surface area contributed by atoms with Gasteiger partial charge in [-0.15, -0.1) is 0 Å². The lowest BCUT2D eigenvalue weighted by Crippen LogP contribution is -2.46. The van der Waals surface area contributed by atoms with Crippen molar-refractivity contribution >= 4 is 10.2 Å². The van der Waals surface area contributed by atoms with E-state index in [2.05, 4.69) is 10.8 Å². The highest BCUT2D eigenvalue weighted by Crippen LogP contribution is 2.11. The van der Waals surface area contributed by atoms with Gasteiger partial charge in [0, 0.05) is 19.6 Å². The Hall–Kier alpha value is -0.950. The summed E-state index contributed by atoms with van der Waals surface area (Å²) in [6.45, 7) is 6.10. The summed E-state index contributed by atoms with van der Waals surface area (Å²) in [6, 6.07) is 6.01. The Morgan fingerprint density at radius 3 is 2.58 bits per heavy atom. The molecule has 1 aromatic carbocycles. The van der Waals surface area contributed by atoms with Crippen LogP contribution in [0.25, 0.3) is 0 Å². The Morgan fingerprint density at radius 1 is 1.26 bits per heavy atom. The summed E-state index contributed by atoms with van der Waals surface area (Å²) >= 11 is 0. The van der Waals surface area contributed by atoms with Crippen LogP contribution in [0.2, 0.25) is 0 Å². The minimum Gasteiger partial charge on any atom is -0.379 e. The minimum atomic E-state index is -3.41. The molecule has 2 rings (SSSR count). The number of hydrogen-bond donors (Lipinski definition) is 1. The molecule has 1 aromatic rings.